The van der Waals surface area contributed by atoms with Crippen molar-refractivity contribution in [1.82, 2.24) is 15.0 Å². The maximum absolute atomic E-state index is 12.9. The molecule has 4 N–H and O–H groups in total. The van der Waals surface area contributed by atoms with Gasteiger partial charge in [-0.15, -0.1) is 11.8 Å². The van der Waals surface area contributed by atoms with Crippen LogP contribution in [0.4, 0.5) is 23.0 Å². The molecule has 1 amide bonds. The Kier molecular flexibility index (Phi) is 8.68. The number of carbonyl (C=O) groups excluding carboxylic acids is 1. The first kappa shape index (κ1) is 27.3. The smallest absolute Gasteiger partial charge is 0.255 e. The van der Waals surface area contributed by atoms with Gasteiger partial charge in [0.25, 0.3) is 5.91 Å². The Morgan fingerprint density at radius 3 is 2.65 bits per heavy atom. The highest BCUT2D eigenvalue weighted by Gasteiger charge is 2.13. The van der Waals surface area contributed by atoms with Crippen molar-refractivity contribution in [2.75, 3.05) is 28.2 Å². The van der Waals surface area contributed by atoms with E-state index in [4.69, 9.17) is 11.6 Å². The van der Waals surface area contributed by atoms with E-state index in [2.05, 4.69) is 44.4 Å². The Balaban J connectivity index is 1.23. The molecule has 0 aliphatic rings. The largest absolute Gasteiger partial charge is 0.385 e. The Morgan fingerprint density at radius 1 is 1.02 bits per heavy atom. The fourth-order valence-corrected chi connectivity index (χ4v) is 5.10. The van der Waals surface area contributed by atoms with E-state index in [9.17, 15) is 4.79 Å². The molecule has 0 aliphatic carbocycles. The molecule has 40 heavy (non-hydrogen) atoms. The fraction of sp³-hybridized carbons (Fsp3) is 0.129. The first-order chi connectivity index (χ1) is 19.5. The normalized spacial score (nSPS) is 10.8. The van der Waals surface area contributed by atoms with Crippen LogP contribution in [-0.4, -0.2) is 33.2 Å². The van der Waals surface area contributed by atoms with Crippen molar-refractivity contribution >= 4 is 63.2 Å². The van der Waals surface area contributed by atoms with Crippen molar-refractivity contribution in [2.24, 2.45) is 0 Å². The van der Waals surface area contributed by atoms with Crippen molar-refractivity contribution in [3.05, 3.63) is 107 Å². The number of H-pyrrole nitrogens is 1. The van der Waals surface area contributed by atoms with Gasteiger partial charge >= 0.3 is 0 Å². The van der Waals surface area contributed by atoms with Crippen LogP contribution < -0.4 is 16.0 Å². The van der Waals surface area contributed by atoms with Crippen LogP contribution in [0.15, 0.2) is 96.7 Å². The molecule has 0 unspecified atom stereocenters. The molecule has 0 fully saturated rings. The molecule has 0 saturated carbocycles. The van der Waals surface area contributed by atoms with Gasteiger partial charge < -0.3 is 20.9 Å². The summed E-state index contributed by atoms with van der Waals surface area (Å²) in [5, 5.41) is 11.0. The highest BCUT2D eigenvalue weighted by molar-refractivity contribution is 8.03. The first-order valence-corrected chi connectivity index (χ1v) is 14.3. The molecule has 0 aliphatic heterocycles. The summed E-state index contributed by atoms with van der Waals surface area (Å²) in [7, 11) is 0. The van der Waals surface area contributed by atoms with Crippen LogP contribution in [0.3, 0.4) is 0 Å². The number of rotatable bonds is 11. The summed E-state index contributed by atoms with van der Waals surface area (Å²) in [5.74, 6) is 1.23. The molecular weight excluding hydrogens is 540 g/mol. The zero-order valence-electron chi connectivity index (χ0n) is 22.0. The summed E-state index contributed by atoms with van der Waals surface area (Å²) < 4.78 is 0. The minimum Gasteiger partial charge on any atom is -0.385 e. The number of halogens is 1. The zero-order valence-corrected chi connectivity index (χ0v) is 23.6. The van der Waals surface area contributed by atoms with Crippen LogP contribution in [0.25, 0.3) is 22.2 Å². The lowest BCUT2D eigenvalue weighted by Gasteiger charge is -2.11. The van der Waals surface area contributed by atoms with Gasteiger partial charge in [-0.1, -0.05) is 49.4 Å². The summed E-state index contributed by atoms with van der Waals surface area (Å²) in [5.41, 5.74) is 5.44. The number of para-hydroxylation sites is 1. The van der Waals surface area contributed by atoms with E-state index in [1.807, 2.05) is 79.0 Å². The topological polar surface area (TPSA) is 94.7 Å². The Morgan fingerprint density at radius 2 is 1.82 bits per heavy atom. The third kappa shape index (κ3) is 6.65. The summed E-state index contributed by atoms with van der Waals surface area (Å²) in [6.07, 6.45) is 4.38. The van der Waals surface area contributed by atoms with Crippen LogP contribution in [0.2, 0.25) is 5.02 Å². The molecule has 0 atom stereocenters. The summed E-state index contributed by atoms with van der Waals surface area (Å²) in [4.78, 5) is 26.3. The number of aromatic amines is 1. The van der Waals surface area contributed by atoms with Crippen molar-refractivity contribution in [2.45, 2.75) is 13.3 Å². The standard InChI is InChI=1S/C31H29ClN6OS/c1-3-40-20(2)15-16-33-22-13-11-21(12-14-22)30(39)36-23-7-6-8-24(17-23)37-31-35-19-27(32)29(38-31)26-18-34-28-10-5-4-9-25(26)28/h4-14,17-19,33-34H,2-3,15-16H2,1H3,(H,36,39)(H,35,37,38). The summed E-state index contributed by atoms with van der Waals surface area (Å²) >= 11 is 8.24. The number of benzene rings is 3. The minimum atomic E-state index is -0.194. The number of amides is 1. The third-order valence-corrected chi connectivity index (χ3v) is 7.37. The third-order valence-electron chi connectivity index (χ3n) is 6.19. The number of fused-ring (bicyclic) bond motifs is 1. The van der Waals surface area contributed by atoms with Crippen LogP contribution in [0.5, 0.6) is 0 Å². The molecule has 3 aromatic carbocycles. The molecule has 5 rings (SSSR count). The zero-order chi connectivity index (χ0) is 27.9. The van der Waals surface area contributed by atoms with E-state index in [1.54, 1.807) is 18.0 Å². The van der Waals surface area contributed by atoms with Crippen LogP contribution in [0, 0.1) is 0 Å². The van der Waals surface area contributed by atoms with Gasteiger partial charge in [0.1, 0.15) is 0 Å². The van der Waals surface area contributed by atoms with Crippen LogP contribution in [-0.2, 0) is 0 Å². The van der Waals surface area contributed by atoms with Crippen molar-refractivity contribution in [3.63, 3.8) is 0 Å². The van der Waals surface area contributed by atoms with Gasteiger partial charge in [0.05, 0.1) is 16.9 Å². The lowest BCUT2D eigenvalue weighted by Crippen LogP contribution is -2.12. The number of nitrogens with one attached hydrogen (secondary N) is 4. The van der Waals surface area contributed by atoms with Gasteiger partial charge in [0.2, 0.25) is 5.95 Å². The van der Waals surface area contributed by atoms with Crippen molar-refractivity contribution < 1.29 is 4.79 Å². The number of carbonyl (C=O) groups is 1. The minimum absolute atomic E-state index is 0.194. The van der Waals surface area contributed by atoms with Gasteiger partial charge in [-0.05, 0) is 65.6 Å². The van der Waals surface area contributed by atoms with E-state index in [0.717, 1.165) is 46.6 Å². The van der Waals surface area contributed by atoms with E-state index in [-0.39, 0.29) is 5.91 Å². The van der Waals surface area contributed by atoms with E-state index < -0.39 is 0 Å². The highest BCUT2D eigenvalue weighted by atomic mass is 35.5. The van der Waals surface area contributed by atoms with Gasteiger partial charge in [-0.2, -0.15) is 0 Å². The average molecular weight is 569 g/mol. The molecular formula is C31H29ClN6OS. The molecule has 0 radical (unpaired) electrons. The number of hydrogen-bond donors (Lipinski definition) is 4. The predicted molar refractivity (Wildman–Crippen MR) is 169 cm³/mol. The highest BCUT2D eigenvalue weighted by Crippen LogP contribution is 2.33. The second-order valence-electron chi connectivity index (χ2n) is 9.02. The maximum Gasteiger partial charge on any atom is 0.255 e. The maximum atomic E-state index is 12.9. The van der Waals surface area contributed by atoms with Gasteiger partial charge in [0, 0.05) is 51.8 Å². The Labute approximate surface area is 242 Å². The molecule has 2 heterocycles. The van der Waals surface area contributed by atoms with E-state index in [0.29, 0.717) is 27.9 Å². The number of anilines is 4. The molecule has 5 aromatic rings. The number of hydrogen-bond acceptors (Lipinski definition) is 6. The SMILES string of the molecule is C=C(CCNc1ccc(C(=O)Nc2cccc(Nc3ncc(Cl)c(-c4c[nH]c5ccccc45)n3)c2)cc1)SCC. The van der Waals surface area contributed by atoms with Gasteiger partial charge in [0.15, 0.2) is 0 Å². The average Bonchev–Trinajstić information content (AvgIpc) is 3.39. The Hall–Kier alpha value is -4.27. The second kappa shape index (κ2) is 12.7. The van der Waals surface area contributed by atoms with Crippen LogP contribution in [0.1, 0.15) is 23.7 Å². The molecule has 0 saturated heterocycles. The number of thioether (sulfide) groups is 1. The monoisotopic (exact) mass is 568 g/mol. The number of nitrogens with zero attached hydrogens (tertiary/aromatic N) is 2. The molecule has 7 nitrogen and oxygen atoms in total. The molecule has 0 spiro atoms. The summed E-state index contributed by atoms with van der Waals surface area (Å²) in [6, 6.07) is 22.8. The van der Waals surface area contributed by atoms with E-state index >= 15 is 0 Å². The lowest BCUT2D eigenvalue weighted by atomic mass is 10.1. The Bertz CT molecular complexity index is 1650. The lowest BCUT2D eigenvalue weighted by molar-refractivity contribution is 0.102. The van der Waals surface area contributed by atoms with Crippen molar-refractivity contribution in [1.29, 1.82) is 0 Å². The van der Waals surface area contributed by atoms with Crippen molar-refractivity contribution in [3.8, 4) is 11.3 Å². The van der Waals surface area contributed by atoms with Crippen LogP contribution >= 0.6 is 23.4 Å². The quantitative estimate of drug-likeness (QED) is 0.128. The first-order valence-electron chi connectivity index (χ1n) is 12.9. The molecule has 202 valence electrons. The van der Waals surface area contributed by atoms with E-state index in [1.165, 1.54) is 4.91 Å². The van der Waals surface area contributed by atoms with Gasteiger partial charge in [-0.3, -0.25) is 4.79 Å². The predicted octanol–water partition coefficient (Wildman–Crippen LogP) is 8.34. The summed E-state index contributed by atoms with van der Waals surface area (Å²) in [6.45, 7) is 6.99. The molecule has 2 aromatic heterocycles. The second-order valence-corrected chi connectivity index (χ2v) is 10.9. The fourth-order valence-electron chi connectivity index (χ4n) is 4.25. The van der Waals surface area contributed by atoms with Gasteiger partial charge in [-0.25, -0.2) is 9.97 Å². The molecule has 9 heteroatoms. The number of aromatic nitrogens is 3. The molecule has 0 bridgehead atoms.